The van der Waals surface area contributed by atoms with E-state index in [1.807, 2.05) is 6.92 Å². The number of carbonyl (C=O) groups is 2. The van der Waals surface area contributed by atoms with Crippen LogP contribution in [0.25, 0.3) is 5.76 Å². The smallest absolute Gasteiger partial charge is 0.301 e. The van der Waals surface area contributed by atoms with Crippen LogP contribution in [0, 0.1) is 0 Å². The Bertz CT molecular complexity index is 1180. The summed E-state index contributed by atoms with van der Waals surface area (Å²) in [6.07, 6.45) is 1.54. The van der Waals surface area contributed by atoms with Gasteiger partial charge in [-0.15, -0.1) is 11.3 Å². The van der Waals surface area contributed by atoms with E-state index in [1.54, 1.807) is 47.8 Å². The molecular weight excluding hydrogens is 459 g/mol. The number of amides is 1. The molecule has 1 fully saturated rings. The predicted molar refractivity (Wildman–Crippen MR) is 121 cm³/mol. The van der Waals surface area contributed by atoms with E-state index in [-0.39, 0.29) is 16.4 Å². The molecule has 0 saturated carbocycles. The van der Waals surface area contributed by atoms with E-state index < -0.39 is 17.7 Å². The van der Waals surface area contributed by atoms with E-state index in [0.29, 0.717) is 33.6 Å². The third kappa shape index (κ3) is 3.92. The first kappa shape index (κ1) is 21.4. The maximum absolute atomic E-state index is 13.0. The first-order valence-corrected chi connectivity index (χ1v) is 10.9. The fourth-order valence-corrected chi connectivity index (χ4v) is 4.37. The number of benzene rings is 2. The Kier molecular flexibility index (Phi) is 6.00. The molecule has 1 aromatic heterocycles. The van der Waals surface area contributed by atoms with Crippen molar-refractivity contribution in [3.05, 3.63) is 80.8 Å². The van der Waals surface area contributed by atoms with Crippen LogP contribution in [0.3, 0.4) is 0 Å². The highest BCUT2D eigenvalue weighted by atomic mass is 35.5. The zero-order chi connectivity index (χ0) is 22.1. The molecule has 9 heteroatoms. The van der Waals surface area contributed by atoms with Crippen molar-refractivity contribution in [1.82, 2.24) is 4.98 Å². The van der Waals surface area contributed by atoms with Crippen LogP contribution in [-0.2, 0) is 9.59 Å². The highest BCUT2D eigenvalue weighted by Gasteiger charge is 2.48. The van der Waals surface area contributed by atoms with Crippen molar-refractivity contribution in [2.45, 2.75) is 13.0 Å². The number of ether oxygens (including phenoxy) is 1. The zero-order valence-electron chi connectivity index (χ0n) is 16.2. The molecule has 6 nitrogen and oxygen atoms in total. The highest BCUT2D eigenvalue weighted by molar-refractivity contribution is 7.14. The number of halogens is 2. The standard InChI is InChI=1S/C22H16Cl2N2O4S/c1-2-30-14-6-3-12(4-7-14)19(27)17-18(13-5-8-15(23)16(24)11-13)26(21(29)20(17)28)22-25-9-10-31-22/h3-11,18,27H,2H2,1H3/t18-/m0/s1. The lowest BCUT2D eigenvalue weighted by atomic mass is 9.95. The first-order valence-electron chi connectivity index (χ1n) is 9.31. The van der Waals surface area contributed by atoms with Crippen molar-refractivity contribution < 1.29 is 19.4 Å². The van der Waals surface area contributed by atoms with Crippen molar-refractivity contribution in [2.75, 3.05) is 11.5 Å². The van der Waals surface area contributed by atoms with Gasteiger partial charge in [-0.25, -0.2) is 4.98 Å². The van der Waals surface area contributed by atoms with Gasteiger partial charge in [-0.05, 0) is 48.9 Å². The minimum Gasteiger partial charge on any atom is -0.507 e. The molecule has 0 unspecified atom stereocenters. The number of aliphatic hydroxyl groups is 1. The Labute approximate surface area is 192 Å². The second-order valence-corrected chi connectivity index (χ2v) is 8.30. The second-order valence-electron chi connectivity index (χ2n) is 6.61. The van der Waals surface area contributed by atoms with Crippen molar-refractivity contribution in [3.8, 4) is 5.75 Å². The molecule has 3 aromatic rings. The number of anilines is 1. The number of hydrogen-bond acceptors (Lipinski definition) is 6. The van der Waals surface area contributed by atoms with E-state index in [4.69, 9.17) is 27.9 Å². The van der Waals surface area contributed by atoms with Gasteiger partial charge in [0.25, 0.3) is 5.78 Å². The molecule has 0 spiro atoms. The van der Waals surface area contributed by atoms with Gasteiger partial charge in [-0.1, -0.05) is 29.3 Å². The average molecular weight is 475 g/mol. The Balaban J connectivity index is 1.89. The third-order valence-corrected chi connectivity index (χ3v) is 6.28. The normalized spacial score (nSPS) is 17.9. The Morgan fingerprint density at radius 3 is 2.52 bits per heavy atom. The molecule has 0 radical (unpaired) electrons. The largest absolute Gasteiger partial charge is 0.507 e. The van der Waals surface area contributed by atoms with Crippen LogP contribution in [0.4, 0.5) is 5.13 Å². The van der Waals surface area contributed by atoms with Gasteiger partial charge in [-0.3, -0.25) is 14.5 Å². The summed E-state index contributed by atoms with van der Waals surface area (Å²) in [6.45, 7) is 2.37. The molecule has 0 bridgehead atoms. The molecule has 2 heterocycles. The van der Waals surface area contributed by atoms with Crippen molar-refractivity contribution >= 4 is 57.1 Å². The minimum atomic E-state index is -0.910. The summed E-state index contributed by atoms with van der Waals surface area (Å²) < 4.78 is 5.42. The van der Waals surface area contributed by atoms with E-state index in [9.17, 15) is 14.7 Å². The predicted octanol–water partition coefficient (Wildman–Crippen LogP) is 5.47. The van der Waals surface area contributed by atoms with Crippen LogP contribution in [0.15, 0.2) is 59.6 Å². The highest BCUT2D eigenvalue weighted by Crippen LogP contribution is 2.43. The number of hydrogen-bond donors (Lipinski definition) is 1. The molecule has 158 valence electrons. The fraction of sp³-hybridized carbons (Fsp3) is 0.136. The molecule has 1 N–H and O–H groups in total. The second kappa shape index (κ2) is 8.70. The lowest BCUT2D eigenvalue weighted by Crippen LogP contribution is -2.29. The van der Waals surface area contributed by atoms with Crippen molar-refractivity contribution in [2.24, 2.45) is 0 Å². The molecule has 1 aliphatic rings. The summed E-state index contributed by atoms with van der Waals surface area (Å²) in [5.74, 6) is -1.25. The van der Waals surface area contributed by atoms with E-state index in [1.165, 1.54) is 22.4 Å². The number of Topliss-reactive ketones (excluding diaryl/α,β-unsaturated/α-hetero) is 1. The average Bonchev–Trinajstić information content (AvgIpc) is 3.37. The lowest BCUT2D eigenvalue weighted by Gasteiger charge is -2.23. The third-order valence-electron chi connectivity index (χ3n) is 4.77. The first-order chi connectivity index (χ1) is 14.9. The summed E-state index contributed by atoms with van der Waals surface area (Å²) >= 11 is 13.5. The summed E-state index contributed by atoms with van der Waals surface area (Å²) in [7, 11) is 0. The number of aromatic nitrogens is 1. The van der Waals surface area contributed by atoms with Gasteiger partial charge >= 0.3 is 5.91 Å². The van der Waals surface area contributed by atoms with Gasteiger partial charge in [0.2, 0.25) is 0 Å². The summed E-state index contributed by atoms with van der Waals surface area (Å²) in [5.41, 5.74) is 0.852. The molecule has 4 rings (SSSR count). The summed E-state index contributed by atoms with van der Waals surface area (Å²) in [5, 5.41) is 13.7. The van der Waals surface area contributed by atoms with Crippen molar-refractivity contribution in [1.29, 1.82) is 0 Å². The number of thiazole rings is 1. The minimum absolute atomic E-state index is 0.0530. The van der Waals surface area contributed by atoms with Crippen LogP contribution in [0.2, 0.25) is 10.0 Å². The summed E-state index contributed by atoms with van der Waals surface area (Å²) in [4.78, 5) is 31.4. The van der Waals surface area contributed by atoms with Gasteiger partial charge in [0.15, 0.2) is 5.13 Å². The molecule has 0 aliphatic carbocycles. The number of carbonyl (C=O) groups excluding carboxylic acids is 2. The van der Waals surface area contributed by atoms with Gasteiger partial charge in [0.05, 0.1) is 28.3 Å². The number of ketones is 1. The van der Waals surface area contributed by atoms with E-state index in [0.717, 1.165) is 0 Å². The topological polar surface area (TPSA) is 79.7 Å². The number of nitrogens with zero attached hydrogens (tertiary/aromatic N) is 2. The Morgan fingerprint density at radius 1 is 1.16 bits per heavy atom. The molecule has 1 atom stereocenters. The molecule has 1 aliphatic heterocycles. The zero-order valence-corrected chi connectivity index (χ0v) is 18.5. The lowest BCUT2D eigenvalue weighted by molar-refractivity contribution is -0.132. The molecule has 1 amide bonds. The maximum atomic E-state index is 13.0. The van der Waals surface area contributed by atoms with Crippen LogP contribution >= 0.6 is 34.5 Å². The number of aliphatic hydroxyl groups excluding tert-OH is 1. The van der Waals surface area contributed by atoms with Crippen molar-refractivity contribution in [3.63, 3.8) is 0 Å². The van der Waals surface area contributed by atoms with E-state index >= 15 is 0 Å². The fourth-order valence-electron chi connectivity index (χ4n) is 3.39. The molecule has 31 heavy (non-hydrogen) atoms. The molecular formula is C22H16Cl2N2O4S. The van der Waals surface area contributed by atoms with Crippen LogP contribution in [0.5, 0.6) is 5.75 Å². The number of rotatable bonds is 5. The quantitative estimate of drug-likeness (QED) is 0.301. The SMILES string of the molecule is CCOc1ccc(C(O)=C2C(=O)C(=O)N(c3nccs3)[C@H]2c2ccc(Cl)c(Cl)c2)cc1. The van der Waals surface area contributed by atoms with Crippen LogP contribution in [-0.4, -0.2) is 28.4 Å². The monoisotopic (exact) mass is 474 g/mol. The van der Waals surface area contributed by atoms with Gasteiger partial charge in [0, 0.05) is 17.1 Å². The van der Waals surface area contributed by atoms with Crippen LogP contribution < -0.4 is 9.64 Å². The molecule has 1 saturated heterocycles. The van der Waals surface area contributed by atoms with Gasteiger partial charge in [0.1, 0.15) is 11.5 Å². The maximum Gasteiger partial charge on any atom is 0.301 e. The van der Waals surface area contributed by atoms with Gasteiger partial charge in [-0.2, -0.15) is 0 Å². The summed E-state index contributed by atoms with van der Waals surface area (Å²) in [6, 6.07) is 10.5. The molecule has 2 aromatic carbocycles. The Hall–Kier alpha value is -2.87. The van der Waals surface area contributed by atoms with Gasteiger partial charge < -0.3 is 9.84 Å². The van der Waals surface area contributed by atoms with Crippen LogP contribution in [0.1, 0.15) is 24.1 Å². The Morgan fingerprint density at radius 2 is 1.90 bits per heavy atom. The van der Waals surface area contributed by atoms with E-state index in [2.05, 4.69) is 4.98 Å².